The van der Waals surface area contributed by atoms with Gasteiger partial charge in [0.15, 0.2) is 0 Å². The Labute approximate surface area is 91.8 Å². The third kappa shape index (κ3) is 7.51. The fourth-order valence-electron chi connectivity index (χ4n) is 0.623. The Morgan fingerprint density at radius 1 is 1.67 bits per heavy atom. The number of carboxylic acid groups (broad SMARTS) is 1. The van der Waals surface area contributed by atoms with Crippen LogP contribution in [0.2, 0.25) is 0 Å². The molecule has 0 atom stereocenters. The number of carbonyl (C=O) groups excluding carboxylic acids is 1. The first-order chi connectivity index (χ1) is 7.07. The average Bonchev–Trinajstić information content (AvgIpc) is 2.20. The number of hydrogen-bond donors (Lipinski definition) is 1. The lowest BCUT2D eigenvalue weighted by molar-refractivity contribution is 0.163. The second-order valence-corrected chi connectivity index (χ2v) is 2.55. The van der Waals surface area contributed by atoms with E-state index in [-0.39, 0.29) is 6.67 Å². The summed E-state index contributed by atoms with van der Waals surface area (Å²) in [4.78, 5) is 24.6. The van der Waals surface area contributed by atoms with Gasteiger partial charge in [-0.1, -0.05) is 0 Å². The maximum absolute atomic E-state index is 10.2. The number of hydrogen-bond acceptors (Lipinski definition) is 4. The second-order valence-electron chi connectivity index (χ2n) is 2.24. The van der Waals surface area contributed by atoms with Gasteiger partial charge in [-0.25, -0.2) is 9.59 Å². The van der Waals surface area contributed by atoms with E-state index in [4.69, 9.17) is 16.7 Å². The molecule has 7 heteroatoms. The summed E-state index contributed by atoms with van der Waals surface area (Å²) in [5, 5.41) is 8.34. The first-order valence-electron chi connectivity index (χ1n) is 4.06. The van der Waals surface area contributed by atoms with Crippen LogP contribution in [0.3, 0.4) is 0 Å². The zero-order chi connectivity index (χ0) is 11.7. The molecule has 6 nitrogen and oxygen atoms in total. The molecule has 0 aliphatic carbocycles. The maximum atomic E-state index is 10.2. The first-order valence-corrected chi connectivity index (χ1v) is 4.44. The Kier molecular flexibility index (Phi) is 7.00. The molecule has 0 unspecified atom stereocenters. The lowest BCUT2D eigenvalue weighted by atomic mass is 10.5. The molecule has 1 rings (SSSR count). The lowest BCUT2D eigenvalue weighted by Crippen LogP contribution is -2.25. The van der Waals surface area contributed by atoms with Crippen molar-refractivity contribution in [1.82, 2.24) is 4.90 Å². The van der Waals surface area contributed by atoms with Crippen LogP contribution in [-0.2, 0) is 4.74 Å². The van der Waals surface area contributed by atoms with E-state index in [0.717, 1.165) is 4.90 Å². The average molecular weight is 235 g/mol. The molecule has 0 bridgehead atoms. The molecule has 0 fully saturated rings. The Balaban J connectivity index is 0.000000288. The first kappa shape index (κ1) is 13.4. The van der Waals surface area contributed by atoms with Crippen molar-refractivity contribution in [2.45, 2.75) is 6.92 Å². The monoisotopic (exact) mass is 234 g/mol. The molecule has 0 radical (unpaired) electrons. The molecule has 0 saturated carbocycles. The van der Waals surface area contributed by atoms with E-state index in [1.165, 1.54) is 6.20 Å². The standard InChI is InChI=1S/C5H6N2O2.C3H5ClO2/c8-5(9)7-3-1-2-6-4-7;1-2-6-3(4)5/h1-3H,4H2,(H,8,9);2H2,1H3. The quantitative estimate of drug-likeness (QED) is 0.703. The number of ether oxygens (including phenoxy) is 1. The summed E-state index contributed by atoms with van der Waals surface area (Å²) in [5.41, 5.74) is -0.738. The van der Waals surface area contributed by atoms with Crippen LogP contribution >= 0.6 is 11.6 Å². The van der Waals surface area contributed by atoms with E-state index < -0.39 is 11.5 Å². The Hall–Kier alpha value is -1.56. The van der Waals surface area contributed by atoms with Crippen LogP contribution in [0, 0.1) is 0 Å². The molecule has 0 aromatic rings. The number of allylic oxidation sites excluding steroid dienone is 1. The van der Waals surface area contributed by atoms with Gasteiger partial charge in [0.05, 0.1) is 6.61 Å². The zero-order valence-corrected chi connectivity index (χ0v) is 8.85. The number of rotatable bonds is 1. The molecule has 84 valence electrons. The van der Waals surface area contributed by atoms with Gasteiger partial charge >= 0.3 is 11.5 Å². The van der Waals surface area contributed by atoms with Gasteiger partial charge in [-0.3, -0.25) is 9.89 Å². The highest BCUT2D eigenvalue weighted by atomic mass is 35.5. The van der Waals surface area contributed by atoms with Crippen LogP contribution in [-0.4, -0.2) is 41.0 Å². The van der Waals surface area contributed by atoms with E-state index in [1.807, 2.05) is 0 Å². The Bertz CT molecular complexity index is 278. The van der Waals surface area contributed by atoms with Crippen LogP contribution in [0.15, 0.2) is 17.3 Å². The number of nitrogens with zero attached hydrogens (tertiary/aromatic N) is 2. The van der Waals surface area contributed by atoms with Crippen molar-refractivity contribution in [1.29, 1.82) is 0 Å². The van der Waals surface area contributed by atoms with Crippen LogP contribution in [0.25, 0.3) is 0 Å². The van der Waals surface area contributed by atoms with Crippen LogP contribution in [0.1, 0.15) is 6.92 Å². The molecule has 0 aromatic carbocycles. The summed E-state index contributed by atoms with van der Waals surface area (Å²) in [7, 11) is 0. The van der Waals surface area contributed by atoms with Gasteiger partial charge in [0.25, 0.3) is 0 Å². The van der Waals surface area contributed by atoms with Gasteiger partial charge in [0.2, 0.25) is 0 Å². The van der Waals surface area contributed by atoms with Crippen LogP contribution < -0.4 is 0 Å². The summed E-state index contributed by atoms with van der Waals surface area (Å²) in [6, 6.07) is 0. The van der Waals surface area contributed by atoms with Crippen molar-refractivity contribution in [3.05, 3.63) is 12.3 Å². The highest BCUT2D eigenvalue weighted by Crippen LogP contribution is 1.94. The van der Waals surface area contributed by atoms with Gasteiger partial charge < -0.3 is 9.84 Å². The summed E-state index contributed by atoms with van der Waals surface area (Å²) >= 11 is 4.72. The lowest BCUT2D eigenvalue weighted by Gasteiger charge is -2.12. The number of carbonyl (C=O) groups is 2. The third-order valence-corrected chi connectivity index (χ3v) is 1.30. The molecule has 0 spiro atoms. The number of halogens is 1. The molecular formula is C8H11ClN2O4. The second kappa shape index (κ2) is 7.81. The molecule has 1 amide bonds. The summed E-state index contributed by atoms with van der Waals surface area (Å²) in [6.07, 6.45) is 3.65. The van der Waals surface area contributed by atoms with Gasteiger partial charge in [-0.2, -0.15) is 0 Å². The van der Waals surface area contributed by atoms with E-state index in [9.17, 15) is 9.59 Å². The number of amides is 1. The van der Waals surface area contributed by atoms with Gasteiger partial charge in [-0.05, 0) is 13.0 Å². The largest absolute Gasteiger partial charge is 0.465 e. The summed E-state index contributed by atoms with van der Waals surface area (Å²) < 4.78 is 4.17. The topological polar surface area (TPSA) is 79.2 Å². The third-order valence-electron chi connectivity index (χ3n) is 1.20. The SMILES string of the molecule is CCOC(=O)Cl.O=C(O)N1C=CC=NC1. The molecule has 0 aromatic heterocycles. The van der Waals surface area contributed by atoms with Crippen molar-refractivity contribution in [2.75, 3.05) is 13.3 Å². The van der Waals surface area contributed by atoms with E-state index >= 15 is 0 Å². The van der Waals surface area contributed by atoms with E-state index in [1.54, 1.807) is 19.2 Å². The van der Waals surface area contributed by atoms with Crippen LogP contribution in [0.4, 0.5) is 9.59 Å². The minimum absolute atomic E-state index is 0.214. The van der Waals surface area contributed by atoms with Crippen LogP contribution in [0.5, 0.6) is 0 Å². The molecule has 15 heavy (non-hydrogen) atoms. The van der Waals surface area contributed by atoms with Gasteiger partial charge in [-0.15, -0.1) is 0 Å². The van der Waals surface area contributed by atoms with Crippen molar-refractivity contribution in [3.63, 3.8) is 0 Å². The smallest absolute Gasteiger partial charge is 0.412 e. The Morgan fingerprint density at radius 3 is 2.53 bits per heavy atom. The van der Waals surface area contributed by atoms with Gasteiger partial charge in [0, 0.05) is 24.0 Å². The molecule has 0 saturated heterocycles. The fraction of sp³-hybridized carbons (Fsp3) is 0.375. The number of aliphatic imine (C=N–C) groups is 1. The molecule has 1 heterocycles. The van der Waals surface area contributed by atoms with E-state index in [2.05, 4.69) is 9.73 Å². The molecular weight excluding hydrogens is 224 g/mol. The van der Waals surface area contributed by atoms with Crippen molar-refractivity contribution >= 4 is 29.3 Å². The summed E-state index contributed by atoms with van der Waals surface area (Å²) in [5.74, 6) is 0. The molecule has 1 aliphatic rings. The predicted octanol–water partition coefficient (Wildman–Crippen LogP) is 1.90. The molecule has 1 N–H and O–H groups in total. The van der Waals surface area contributed by atoms with Crippen molar-refractivity contribution < 1.29 is 19.4 Å². The minimum atomic E-state index is -0.969. The minimum Gasteiger partial charge on any atom is -0.465 e. The summed E-state index contributed by atoms with van der Waals surface area (Å²) in [6.45, 7) is 2.26. The highest BCUT2D eigenvalue weighted by Gasteiger charge is 2.06. The van der Waals surface area contributed by atoms with Crippen molar-refractivity contribution in [3.8, 4) is 0 Å². The maximum Gasteiger partial charge on any atom is 0.412 e. The van der Waals surface area contributed by atoms with Crippen molar-refractivity contribution in [2.24, 2.45) is 4.99 Å². The zero-order valence-electron chi connectivity index (χ0n) is 8.09. The highest BCUT2D eigenvalue weighted by molar-refractivity contribution is 6.61. The van der Waals surface area contributed by atoms with E-state index in [0.29, 0.717) is 6.61 Å². The van der Waals surface area contributed by atoms with Gasteiger partial charge in [0.1, 0.15) is 6.67 Å². The molecule has 1 aliphatic heterocycles. The Morgan fingerprint density at radius 2 is 2.33 bits per heavy atom. The normalized spacial score (nSPS) is 12.8. The fourth-order valence-corrected chi connectivity index (χ4v) is 0.732. The predicted molar refractivity (Wildman–Crippen MR) is 55.2 cm³/mol.